The Kier molecular flexibility index (Phi) is 6.25. The van der Waals surface area contributed by atoms with Gasteiger partial charge in [0.2, 0.25) is 5.89 Å². The molecule has 4 aromatic rings. The molecule has 1 fully saturated rings. The topological polar surface area (TPSA) is 135 Å². The first kappa shape index (κ1) is 23.0. The Balaban J connectivity index is 1.38. The zero-order valence-corrected chi connectivity index (χ0v) is 19.6. The van der Waals surface area contributed by atoms with Gasteiger partial charge in [-0.2, -0.15) is 5.10 Å². The molecule has 1 aliphatic rings. The molecule has 35 heavy (non-hydrogen) atoms. The van der Waals surface area contributed by atoms with Crippen LogP contribution in [0.15, 0.2) is 45.7 Å². The predicted octanol–water partition coefficient (Wildman–Crippen LogP) is 4.22. The highest BCUT2D eigenvalue weighted by Crippen LogP contribution is 2.42. The van der Waals surface area contributed by atoms with Crippen molar-refractivity contribution in [2.75, 3.05) is 5.32 Å². The summed E-state index contributed by atoms with van der Waals surface area (Å²) in [5.74, 6) is 1.05. The van der Waals surface area contributed by atoms with Crippen LogP contribution in [-0.2, 0) is 11.8 Å². The van der Waals surface area contributed by atoms with Gasteiger partial charge < -0.3 is 14.5 Å². The second-order valence-corrected chi connectivity index (χ2v) is 9.05. The number of aromatic nitrogens is 6. The summed E-state index contributed by atoms with van der Waals surface area (Å²) in [7, 11) is 0. The Hall–Kier alpha value is -3.73. The minimum atomic E-state index is -0.622. The molecule has 1 saturated carbocycles. The highest BCUT2D eigenvalue weighted by Gasteiger charge is 2.43. The minimum absolute atomic E-state index is 0.0156. The number of anilines is 2. The summed E-state index contributed by atoms with van der Waals surface area (Å²) >= 11 is 5.89. The zero-order chi connectivity index (χ0) is 24.4. The molecule has 0 amide bonds. The molecule has 182 valence electrons. The lowest BCUT2D eigenvalue weighted by molar-refractivity contribution is 0.0984. The van der Waals surface area contributed by atoms with Gasteiger partial charge in [0.05, 0.1) is 16.5 Å². The largest absolute Gasteiger partial charge is 0.487 e. The van der Waals surface area contributed by atoms with Crippen LogP contribution in [0.5, 0.6) is 5.75 Å². The van der Waals surface area contributed by atoms with Crippen molar-refractivity contribution < 1.29 is 13.5 Å². The van der Waals surface area contributed by atoms with Crippen LogP contribution in [-0.4, -0.2) is 36.5 Å². The fourth-order valence-corrected chi connectivity index (χ4v) is 4.64. The third-order valence-electron chi connectivity index (χ3n) is 6.15. The van der Waals surface area contributed by atoms with Crippen LogP contribution in [0.3, 0.4) is 0 Å². The van der Waals surface area contributed by atoms with Crippen LogP contribution in [0.25, 0.3) is 0 Å². The molecule has 3 heterocycles. The number of aryl methyl sites for hydroxylation is 1. The average Bonchev–Trinajstić information content (AvgIpc) is 3.50. The van der Waals surface area contributed by atoms with Crippen LogP contribution in [0.1, 0.15) is 43.1 Å². The molecule has 1 aliphatic carbocycles. The molecule has 0 aliphatic heterocycles. The van der Waals surface area contributed by atoms with E-state index in [1.54, 1.807) is 24.4 Å². The molecular weight excluding hydrogens is 477 g/mol. The van der Waals surface area contributed by atoms with Crippen LogP contribution < -0.4 is 15.8 Å². The first-order chi connectivity index (χ1) is 16.9. The van der Waals surface area contributed by atoms with Crippen molar-refractivity contribution in [1.29, 1.82) is 0 Å². The van der Waals surface area contributed by atoms with Gasteiger partial charge in [0, 0.05) is 30.4 Å². The van der Waals surface area contributed by atoms with Crippen LogP contribution in [0, 0.1) is 12.7 Å². The van der Waals surface area contributed by atoms with E-state index in [1.165, 1.54) is 6.07 Å². The van der Waals surface area contributed by atoms with E-state index in [2.05, 4.69) is 35.7 Å². The van der Waals surface area contributed by atoms with Crippen LogP contribution in [0.4, 0.5) is 16.0 Å². The van der Waals surface area contributed by atoms with Crippen molar-refractivity contribution in [2.24, 2.45) is 0 Å². The first-order valence-corrected chi connectivity index (χ1v) is 11.6. The number of aromatic amines is 2. The summed E-state index contributed by atoms with van der Waals surface area (Å²) in [6, 6.07) is 8.30. The van der Waals surface area contributed by atoms with Crippen LogP contribution >= 0.6 is 11.6 Å². The summed E-state index contributed by atoms with van der Waals surface area (Å²) in [4.78, 5) is 21.0. The molecule has 3 aromatic heterocycles. The number of H-pyrrole nitrogens is 2. The molecule has 0 radical (unpaired) electrons. The molecule has 0 saturated heterocycles. The normalized spacial score (nSPS) is 20.0. The standard InChI is InChI=1S/C23H23ClFN7O3/c1-13-11-18(28-17-7-10-26-30-17)29-19(27-13)12-23(21-31-32-22(33)35-21)8-5-14(6-9-23)34-16-4-2-3-15(24)20(16)25/h2-4,7,10-11,14H,5-6,8-9,12H2,1H3,(H,32,33)(H2,26,27,28,29,30). The Labute approximate surface area is 204 Å². The zero-order valence-electron chi connectivity index (χ0n) is 18.8. The van der Waals surface area contributed by atoms with E-state index in [0.29, 0.717) is 55.5 Å². The summed E-state index contributed by atoms with van der Waals surface area (Å²) < 4.78 is 25.6. The van der Waals surface area contributed by atoms with Crippen molar-refractivity contribution in [3.8, 4) is 5.75 Å². The highest BCUT2D eigenvalue weighted by atomic mass is 35.5. The summed E-state index contributed by atoms with van der Waals surface area (Å²) in [5.41, 5.74) is 0.156. The molecule has 10 nitrogen and oxygen atoms in total. The quantitative estimate of drug-likeness (QED) is 0.344. The van der Waals surface area contributed by atoms with Crippen LogP contribution in [0.2, 0.25) is 5.02 Å². The highest BCUT2D eigenvalue weighted by molar-refractivity contribution is 6.30. The van der Waals surface area contributed by atoms with Crippen molar-refractivity contribution in [3.05, 3.63) is 75.3 Å². The number of hydrogen-bond donors (Lipinski definition) is 3. The smallest absolute Gasteiger partial charge is 0.434 e. The van der Waals surface area contributed by atoms with Crippen molar-refractivity contribution >= 4 is 23.2 Å². The van der Waals surface area contributed by atoms with Crippen molar-refractivity contribution in [1.82, 2.24) is 30.4 Å². The van der Waals surface area contributed by atoms with E-state index in [9.17, 15) is 9.18 Å². The van der Waals surface area contributed by atoms with Gasteiger partial charge in [-0.05, 0) is 44.7 Å². The third-order valence-corrected chi connectivity index (χ3v) is 6.44. The number of nitrogens with zero attached hydrogens (tertiary/aromatic N) is 4. The van der Waals surface area contributed by atoms with E-state index in [4.69, 9.17) is 20.8 Å². The van der Waals surface area contributed by atoms with Gasteiger partial charge >= 0.3 is 5.76 Å². The summed E-state index contributed by atoms with van der Waals surface area (Å²) in [5, 5.41) is 16.5. The lowest BCUT2D eigenvalue weighted by atomic mass is 9.70. The molecule has 0 bridgehead atoms. The predicted molar refractivity (Wildman–Crippen MR) is 125 cm³/mol. The second kappa shape index (κ2) is 9.49. The van der Waals surface area contributed by atoms with Crippen molar-refractivity contribution in [2.45, 2.75) is 50.5 Å². The van der Waals surface area contributed by atoms with E-state index < -0.39 is 17.0 Å². The molecule has 0 spiro atoms. The number of ether oxygens (including phenoxy) is 1. The lowest BCUT2D eigenvalue weighted by Gasteiger charge is -2.37. The number of halogens is 2. The fourth-order valence-electron chi connectivity index (χ4n) is 4.48. The van der Waals surface area contributed by atoms with Gasteiger partial charge in [-0.3, -0.25) is 5.10 Å². The summed E-state index contributed by atoms with van der Waals surface area (Å²) in [6.45, 7) is 1.88. The second-order valence-electron chi connectivity index (χ2n) is 8.64. The van der Waals surface area contributed by atoms with E-state index >= 15 is 0 Å². The van der Waals surface area contributed by atoms with Gasteiger partial charge in [0.15, 0.2) is 17.4 Å². The minimum Gasteiger partial charge on any atom is -0.487 e. The summed E-state index contributed by atoms with van der Waals surface area (Å²) in [6.07, 6.45) is 4.22. The maximum Gasteiger partial charge on any atom is 0.434 e. The van der Waals surface area contributed by atoms with E-state index in [0.717, 1.165) is 5.69 Å². The number of hydrogen-bond acceptors (Lipinski definition) is 8. The molecule has 0 unspecified atom stereocenters. The average molecular weight is 500 g/mol. The van der Waals surface area contributed by atoms with Gasteiger partial charge in [-0.25, -0.2) is 24.3 Å². The number of nitrogens with one attached hydrogen (secondary N) is 3. The molecule has 12 heteroatoms. The third kappa shape index (κ3) is 5.04. The van der Waals surface area contributed by atoms with Crippen molar-refractivity contribution in [3.63, 3.8) is 0 Å². The molecule has 0 atom stereocenters. The maximum absolute atomic E-state index is 14.3. The molecule has 3 N–H and O–H groups in total. The number of benzene rings is 1. The molecular formula is C23H23ClFN7O3. The van der Waals surface area contributed by atoms with Gasteiger partial charge in [0.25, 0.3) is 0 Å². The molecule has 5 rings (SSSR count). The SMILES string of the molecule is Cc1cc(Nc2cc[nH]n2)nc(CC2(c3n[nH]c(=O)o3)CCC(Oc3cccc(Cl)c3F)CC2)n1. The Bertz CT molecular complexity index is 1360. The monoisotopic (exact) mass is 499 g/mol. The van der Waals surface area contributed by atoms with Gasteiger partial charge in [0.1, 0.15) is 11.6 Å². The Morgan fingerprint density at radius 1 is 1.23 bits per heavy atom. The number of rotatable bonds is 7. The van der Waals surface area contributed by atoms with Gasteiger partial charge in [-0.15, -0.1) is 5.10 Å². The van der Waals surface area contributed by atoms with Gasteiger partial charge in [-0.1, -0.05) is 17.7 Å². The Morgan fingerprint density at radius 3 is 2.77 bits per heavy atom. The Morgan fingerprint density at radius 2 is 2.06 bits per heavy atom. The fraction of sp³-hybridized carbons (Fsp3) is 0.348. The molecule has 1 aromatic carbocycles. The first-order valence-electron chi connectivity index (χ1n) is 11.2. The van der Waals surface area contributed by atoms with E-state index in [-0.39, 0.29) is 16.9 Å². The lowest BCUT2D eigenvalue weighted by Crippen LogP contribution is -2.38. The maximum atomic E-state index is 14.3. The van der Waals surface area contributed by atoms with E-state index in [1.807, 2.05) is 13.0 Å².